The topological polar surface area (TPSA) is 21.3 Å². The molecular weight excluding hydrogens is 198 g/mol. The van der Waals surface area contributed by atoms with E-state index in [1.54, 1.807) is 0 Å². The van der Waals surface area contributed by atoms with Crippen LogP contribution in [0.1, 0.15) is 46.5 Å². The highest BCUT2D eigenvalue weighted by Crippen LogP contribution is 2.44. The van der Waals surface area contributed by atoms with Gasteiger partial charge >= 0.3 is 0 Å². The number of hydrogen-bond donors (Lipinski definition) is 1. The third kappa shape index (κ3) is 4.06. The number of ether oxygens (including phenoxy) is 1. The smallest absolute Gasteiger partial charge is 0.0617 e. The standard InChI is InChI=1S/C14H27NO/c1-10(2)8-16-9-11(3)15-14(12-4-5-12)13-6-7-13/h10-15H,4-9H2,1-3H3. The van der Waals surface area contributed by atoms with E-state index >= 15 is 0 Å². The molecule has 2 saturated carbocycles. The van der Waals surface area contributed by atoms with Crippen LogP contribution in [0.25, 0.3) is 0 Å². The summed E-state index contributed by atoms with van der Waals surface area (Å²) in [6.45, 7) is 8.43. The van der Waals surface area contributed by atoms with Gasteiger partial charge in [-0.05, 0) is 50.4 Å². The zero-order chi connectivity index (χ0) is 11.5. The maximum Gasteiger partial charge on any atom is 0.0617 e. The average molecular weight is 225 g/mol. The van der Waals surface area contributed by atoms with Crippen LogP contribution < -0.4 is 5.32 Å². The van der Waals surface area contributed by atoms with E-state index in [9.17, 15) is 0 Å². The molecule has 2 aliphatic carbocycles. The van der Waals surface area contributed by atoms with Crippen molar-refractivity contribution in [3.63, 3.8) is 0 Å². The summed E-state index contributed by atoms with van der Waals surface area (Å²) in [6.07, 6.45) is 5.81. The second-order valence-electron chi connectivity index (χ2n) is 6.20. The first-order valence-electron chi connectivity index (χ1n) is 7.00. The molecule has 2 aliphatic rings. The molecule has 0 amide bonds. The Labute approximate surface area is 100 Å². The molecule has 0 spiro atoms. The lowest BCUT2D eigenvalue weighted by Crippen LogP contribution is -2.42. The van der Waals surface area contributed by atoms with Crippen LogP contribution in [0.5, 0.6) is 0 Å². The maximum absolute atomic E-state index is 5.70. The lowest BCUT2D eigenvalue weighted by molar-refractivity contribution is 0.0891. The minimum atomic E-state index is 0.518. The molecule has 0 aliphatic heterocycles. The molecule has 16 heavy (non-hydrogen) atoms. The molecule has 1 unspecified atom stereocenters. The van der Waals surface area contributed by atoms with Crippen molar-refractivity contribution in [2.75, 3.05) is 13.2 Å². The molecule has 94 valence electrons. The summed E-state index contributed by atoms with van der Waals surface area (Å²) in [5, 5.41) is 3.79. The van der Waals surface area contributed by atoms with E-state index in [-0.39, 0.29) is 0 Å². The first-order chi connectivity index (χ1) is 7.66. The molecule has 0 heterocycles. The van der Waals surface area contributed by atoms with Gasteiger partial charge in [0.15, 0.2) is 0 Å². The largest absolute Gasteiger partial charge is 0.380 e. The van der Waals surface area contributed by atoms with Gasteiger partial charge in [0, 0.05) is 18.7 Å². The van der Waals surface area contributed by atoms with E-state index in [2.05, 4.69) is 26.1 Å². The van der Waals surface area contributed by atoms with E-state index < -0.39 is 0 Å². The van der Waals surface area contributed by atoms with Gasteiger partial charge in [-0.1, -0.05) is 13.8 Å². The SMILES string of the molecule is CC(C)COCC(C)NC(C1CC1)C1CC1. The second kappa shape index (κ2) is 5.50. The predicted molar refractivity (Wildman–Crippen MR) is 67.5 cm³/mol. The molecule has 2 heteroatoms. The van der Waals surface area contributed by atoms with Gasteiger partial charge in [0.25, 0.3) is 0 Å². The van der Waals surface area contributed by atoms with E-state index in [0.29, 0.717) is 12.0 Å². The van der Waals surface area contributed by atoms with Crippen LogP contribution in [0.15, 0.2) is 0 Å². The van der Waals surface area contributed by atoms with Crippen molar-refractivity contribution in [3.05, 3.63) is 0 Å². The van der Waals surface area contributed by atoms with Gasteiger partial charge in [-0.15, -0.1) is 0 Å². The molecule has 0 aromatic rings. The second-order valence-corrected chi connectivity index (χ2v) is 6.20. The fourth-order valence-electron chi connectivity index (χ4n) is 2.42. The highest BCUT2D eigenvalue weighted by atomic mass is 16.5. The van der Waals surface area contributed by atoms with E-state index in [1.807, 2.05) is 0 Å². The Morgan fingerprint density at radius 3 is 2.00 bits per heavy atom. The summed E-state index contributed by atoms with van der Waals surface area (Å²) in [7, 11) is 0. The normalized spacial score (nSPS) is 23.1. The van der Waals surface area contributed by atoms with Gasteiger partial charge in [0.05, 0.1) is 6.61 Å². The van der Waals surface area contributed by atoms with E-state index in [1.165, 1.54) is 25.7 Å². The Hall–Kier alpha value is -0.0800. The lowest BCUT2D eigenvalue weighted by Gasteiger charge is -2.23. The minimum absolute atomic E-state index is 0.518. The first kappa shape index (κ1) is 12.4. The van der Waals surface area contributed by atoms with Crippen molar-refractivity contribution in [1.82, 2.24) is 5.32 Å². The summed E-state index contributed by atoms with van der Waals surface area (Å²) in [6, 6.07) is 1.32. The molecule has 0 radical (unpaired) electrons. The van der Waals surface area contributed by atoms with Gasteiger partial charge in [0.2, 0.25) is 0 Å². The minimum Gasteiger partial charge on any atom is -0.380 e. The van der Waals surface area contributed by atoms with Crippen LogP contribution in [-0.4, -0.2) is 25.3 Å². The number of rotatable bonds is 8. The Bertz CT molecular complexity index is 197. The molecular formula is C14H27NO. The third-order valence-electron chi connectivity index (χ3n) is 3.56. The molecule has 1 N–H and O–H groups in total. The van der Waals surface area contributed by atoms with Gasteiger partial charge in [0.1, 0.15) is 0 Å². The van der Waals surface area contributed by atoms with Crippen molar-refractivity contribution in [1.29, 1.82) is 0 Å². The fourth-order valence-corrected chi connectivity index (χ4v) is 2.42. The molecule has 1 atom stereocenters. The van der Waals surface area contributed by atoms with Crippen molar-refractivity contribution >= 4 is 0 Å². The van der Waals surface area contributed by atoms with E-state index in [4.69, 9.17) is 4.74 Å². The maximum atomic E-state index is 5.70. The monoisotopic (exact) mass is 225 g/mol. The predicted octanol–water partition coefficient (Wildman–Crippen LogP) is 2.83. The summed E-state index contributed by atoms with van der Waals surface area (Å²) in [4.78, 5) is 0. The van der Waals surface area contributed by atoms with Crippen LogP contribution in [0.2, 0.25) is 0 Å². The molecule has 2 nitrogen and oxygen atoms in total. The molecule has 2 fully saturated rings. The summed E-state index contributed by atoms with van der Waals surface area (Å²) in [5.41, 5.74) is 0. The first-order valence-corrected chi connectivity index (χ1v) is 7.00. The van der Waals surface area contributed by atoms with Crippen LogP contribution in [0.3, 0.4) is 0 Å². The van der Waals surface area contributed by atoms with E-state index in [0.717, 1.165) is 31.1 Å². The summed E-state index contributed by atoms with van der Waals surface area (Å²) in [5.74, 6) is 2.62. The van der Waals surface area contributed by atoms with Gasteiger partial charge in [-0.3, -0.25) is 0 Å². The van der Waals surface area contributed by atoms with Gasteiger partial charge in [-0.25, -0.2) is 0 Å². The zero-order valence-corrected chi connectivity index (χ0v) is 11.0. The summed E-state index contributed by atoms with van der Waals surface area (Å²) < 4.78 is 5.70. The lowest BCUT2D eigenvalue weighted by atomic mass is 10.1. The van der Waals surface area contributed by atoms with Crippen LogP contribution >= 0.6 is 0 Å². The highest BCUT2D eigenvalue weighted by molar-refractivity contribution is 4.97. The Morgan fingerprint density at radius 1 is 1.00 bits per heavy atom. The highest BCUT2D eigenvalue weighted by Gasteiger charge is 2.41. The van der Waals surface area contributed by atoms with Gasteiger partial charge < -0.3 is 10.1 Å². The quantitative estimate of drug-likeness (QED) is 0.686. The van der Waals surface area contributed by atoms with Crippen molar-refractivity contribution < 1.29 is 4.74 Å². The average Bonchev–Trinajstić information content (AvgIpc) is 3.06. The van der Waals surface area contributed by atoms with Crippen molar-refractivity contribution in [2.45, 2.75) is 58.5 Å². The molecule has 0 saturated heterocycles. The number of nitrogens with one attached hydrogen (secondary N) is 1. The van der Waals surface area contributed by atoms with Gasteiger partial charge in [-0.2, -0.15) is 0 Å². The Balaban J connectivity index is 1.62. The number of hydrogen-bond acceptors (Lipinski definition) is 2. The van der Waals surface area contributed by atoms with Crippen LogP contribution in [-0.2, 0) is 4.74 Å². The third-order valence-corrected chi connectivity index (χ3v) is 3.56. The molecule has 0 bridgehead atoms. The summed E-state index contributed by atoms with van der Waals surface area (Å²) >= 11 is 0. The molecule has 0 aromatic carbocycles. The van der Waals surface area contributed by atoms with Crippen molar-refractivity contribution in [2.24, 2.45) is 17.8 Å². The zero-order valence-electron chi connectivity index (χ0n) is 11.0. The van der Waals surface area contributed by atoms with Crippen LogP contribution in [0.4, 0.5) is 0 Å². The molecule has 2 rings (SSSR count). The van der Waals surface area contributed by atoms with Crippen molar-refractivity contribution in [3.8, 4) is 0 Å². The fraction of sp³-hybridized carbons (Fsp3) is 1.00. The van der Waals surface area contributed by atoms with Crippen LogP contribution in [0, 0.1) is 17.8 Å². The Kier molecular flexibility index (Phi) is 4.26. The Morgan fingerprint density at radius 2 is 1.56 bits per heavy atom. The molecule has 0 aromatic heterocycles.